The molecule has 0 atom stereocenters. The molecule has 2 heterocycles. The minimum atomic E-state index is -0.291. The highest BCUT2D eigenvalue weighted by atomic mass is 19.1. The second-order valence-electron chi connectivity index (χ2n) is 7.47. The van der Waals surface area contributed by atoms with Crippen LogP contribution in [0, 0.1) is 12.7 Å². The van der Waals surface area contributed by atoms with Crippen LogP contribution in [-0.4, -0.2) is 59.6 Å². The van der Waals surface area contributed by atoms with Gasteiger partial charge in [0.15, 0.2) is 5.69 Å². The smallest absolute Gasteiger partial charge is 0.272 e. The molecule has 156 valence electrons. The summed E-state index contributed by atoms with van der Waals surface area (Å²) >= 11 is 0. The van der Waals surface area contributed by atoms with E-state index in [0.717, 1.165) is 22.2 Å². The molecule has 1 saturated heterocycles. The summed E-state index contributed by atoms with van der Waals surface area (Å²) in [5, 5.41) is 10.5. The third-order valence-electron chi connectivity index (χ3n) is 5.38. The van der Waals surface area contributed by atoms with Crippen molar-refractivity contribution in [2.24, 2.45) is 0 Å². The number of fused-ring (bicyclic) bond motifs is 1. The highest BCUT2D eigenvalue weighted by molar-refractivity contribution is 6.04. The van der Waals surface area contributed by atoms with Gasteiger partial charge in [-0.05, 0) is 43.3 Å². The number of benzene rings is 2. The first kappa shape index (κ1) is 19.9. The zero-order chi connectivity index (χ0) is 21.1. The Morgan fingerprint density at radius 3 is 2.57 bits per heavy atom. The van der Waals surface area contributed by atoms with Crippen LogP contribution in [0.15, 0.2) is 42.5 Å². The van der Waals surface area contributed by atoms with Crippen molar-refractivity contribution in [2.75, 3.05) is 37.6 Å². The lowest BCUT2D eigenvalue weighted by Crippen LogP contribution is -2.49. The van der Waals surface area contributed by atoms with E-state index in [1.165, 1.54) is 12.1 Å². The number of hydrogen-bond donors (Lipinski definition) is 2. The van der Waals surface area contributed by atoms with Gasteiger partial charge in [-0.2, -0.15) is 5.10 Å². The van der Waals surface area contributed by atoms with E-state index in [2.05, 4.69) is 20.4 Å². The number of aryl methyl sites for hydroxylation is 1. The van der Waals surface area contributed by atoms with Gasteiger partial charge in [-0.25, -0.2) is 4.39 Å². The number of H-pyrrole nitrogens is 1. The molecule has 0 unspecified atom stereocenters. The van der Waals surface area contributed by atoms with Gasteiger partial charge in [0.25, 0.3) is 5.91 Å². The third kappa shape index (κ3) is 4.27. The predicted molar refractivity (Wildman–Crippen MR) is 113 cm³/mol. The molecular weight excluding hydrogens is 385 g/mol. The number of aromatic amines is 1. The molecule has 3 aromatic rings. The standard InChI is InChI=1S/C22H24FN5O2/c1-15-2-7-19-18(14-15)21(26-25-19)22(30)24-9-8-20(29)28-12-10-27(11-13-28)17-5-3-16(23)4-6-17/h2-7,14H,8-13H2,1H3,(H,24,30)(H,25,26). The lowest BCUT2D eigenvalue weighted by Gasteiger charge is -2.36. The monoisotopic (exact) mass is 409 g/mol. The van der Waals surface area contributed by atoms with Crippen molar-refractivity contribution in [3.63, 3.8) is 0 Å². The molecule has 0 aliphatic carbocycles. The minimum Gasteiger partial charge on any atom is -0.368 e. The van der Waals surface area contributed by atoms with Crippen molar-refractivity contribution >= 4 is 28.4 Å². The van der Waals surface area contributed by atoms with Gasteiger partial charge < -0.3 is 15.1 Å². The molecular formula is C22H24FN5O2. The van der Waals surface area contributed by atoms with Crippen molar-refractivity contribution in [1.29, 1.82) is 0 Å². The normalized spacial score (nSPS) is 14.2. The Balaban J connectivity index is 1.25. The summed E-state index contributed by atoms with van der Waals surface area (Å²) in [5.41, 5.74) is 3.15. The highest BCUT2D eigenvalue weighted by Gasteiger charge is 2.21. The Morgan fingerprint density at radius 1 is 1.10 bits per heavy atom. The number of nitrogens with one attached hydrogen (secondary N) is 2. The largest absolute Gasteiger partial charge is 0.368 e. The quantitative estimate of drug-likeness (QED) is 0.678. The van der Waals surface area contributed by atoms with E-state index in [0.29, 0.717) is 31.9 Å². The second kappa shape index (κ2) is 8.52. The Kier molecular flexibility index (Phi) is 5.65. The molecule has 1 aliphatic rings. The molecule has 2 amide bonds. The van der Waals surface area contributed by atoms with Crippen LogP contribution in [0.3, 0.4) is 0 Å². The van der Waals surface area contributed by atoms with E-state index < -0.39 is 0 Å². The molecule has 1 aromatic heterocycles. The average Bonchev–Trinajstić information content (AvgIpc) is 3.17. The van der Waals surface area contributed by atoms with Crippen molar-refractivity contribution in [3.8, 4) is 0 Å². The number of anilines is 1. The Bertz CT molecular complexity index is 1060. The third-order valence-corrected chi connectivity index (χ3v) is 5.38. The van der Waals surface area contributed by atoms with Crippen LogP contribution in [-0.2, 0) is 4.79 Å². The SMILES string of the molecule is Cc1ccc2[nH]nc(C(=O)NCCC(=O)N3CCN(c4ccc(F)cc4)CC3)c2c1. The fourth-order valence-electron chi connectivity index (χ4n) is 3.69. The maximum absolute atomic E-state index is 13.1. The molecule has 0 bridgehead atoms. The second-order valence-corrected chi connectivity index (χ2v) is 7.47. The number of amides is 2. The van der Waals surface area contributed by atoms with E-state index >= 15 is 0 Å². The van der Waals surface area contributed by atoms with Gasteiger partial charge in [-0.3, -0.25) is 14.7 Å². The molecule has 2 aromatic carbocycles. The lowest BCUT2D eigenvalue weighted by atomic mass is 10.1. The molecule has 0 spiro atoms. The molecule has 0 radical (unpaired) electrons. The molecule has 7 nitrogen and oxygen atoms in total. The molecule has 8 heteroatoms. The molecule has 1 fully saturated rings. The van der Waals surface area contributed by atoms with Gasteiger partial charge in [-0.1, -0.05) is 11.6 Å². The number of piperazine rings is 1. The fraction of sp³-hybridized carbons (Fsp3) is 0.318. The number of rotatable bonds is 5. The van der Waals surface area contributed by atoms with Gasteiger partial charge in [0, 0.05) is 50.2 Å². The van der Waals surface area contributed by atoms with Gasteiger partial charge in [0.05, 0.1) is 5.52 Å². The minimum absolute atomic E-state index is 0.0109. The van der Waals surface area contributed by atoms with Crippen LogP contribution in [0.5, 0.6) is 0 Å². The van der Waals surface area contributed by atoms with E-state index in [9.17, 15) is 14.0 Å². The number of hydrogen-bond acceptors (Lipinski definition) is 4. The van der Waals surface area contributed by atoms with Gasteiger partial charge in [-0.15, -0.1) is 0 Å². The first-order chi connectivity index (χ1) is 14.5. The van der Waals surface area contributed by atoms with Crippen molar-refractivity contribution in [2.45, 2.75) is 13.3 Å². The highest BCUT2D eigenvalue weighted by Crippen LogP contribution is 2.18. The van der Waals surface area contributed by atoms with Crippen LogP contribution in [0.2, 0.25) is 0 Å². The number of carbonyl (C=O) groups is 2. The van der Waals surface area contributed by atoms with Crippen molar-refractivity contribution in [3.05, 3.63) is 59.5 Å². The zero-order valence-corrected chi connectivity index (χ0v) is 16.8. The number of carbonyl (C=O) groups excluding carboxylic acids is 2. The molecule has 2 N–H and O–H groups in total. The van der Waals surface area contributed by atoms with Crippen LogP contribution < -0.4 is 10.2 Å². The summed E-state index contributed by atoms with van der Waals surface area (Å²) < 4.78 is 13.1. The first-order valence-electron chi connectivity index (χ1n) is 10.0. The predicted octanol–water partition coefficient (Wildman–Crippen LogP) is 2.48. The molecule has 1 aliphatic heterocycles. The van der Waals surface area contributed by atoms with Gasteiger partial charge >= 0.3 is 0 Å². The zero-order valence-electron chi connectivity index (χ0n) is 16.8. The summed E-state index contributed by atoms with van der Waals surface area (Å²) in [6.45, 7) is 4.82. The van der Waals surface area contributed by atoms with Crippen molar-refractivity contribution in [1.82, 2.24) is 20.4 Å². The van der Waals surface area contributed by atoms with E-state index in [1.807, 2.05) is 25.1 Å². The maximum Gasteiger partial charge on any atom is 0.272 e. The number of aromatic nitrogens is 2. The lowest BCUT2D eigenvalue weighted by molar-refractivity contribution is -0.131. The van der Waals surface area contributed by atoms with Crippen LogP contribution in [0.4, 0.5) is 10.1 Å². The topological polar surface area (TPSA) is 81.3 Å². The maximum atomic E-state index is 13.1. The fourth-order valence-corrected chi connectivity index (χ4v) is 3.69. The summed E-state index contributed by atoms with van der Waals surface area (Å²) in [4.78, 5) is 28.9. The van der Waals surface area contributed by atoms with Crippen LogP contribution in [0.1, 0.15) is 22.5 Å². The average molecular weight is 409 g/mol. The Hall–Kier alpha value is -3.42. The van der Waals surface area contributed by atoms with Crippen LogP contribution >= 0.6 is 0 Å². The molecule has 30 heavy (non-hydrogen) atoms. The Labute approximate surface area is 173 Å². The number of halogens is 1. The molecule has 0 saturated carbocycles. The Morgan fingerprint density at radius 2 is 1.83 bits per heavy atom. The van der Waals surface area contributed by atoms with Gasteiger partial charge in [0.1, 0.15) is 5.82 Å². The van der Waals surface area contributed by atoms with Gasteiger partial charge in [0.2, 0.25) is 5.91 Å². The van der Waals surface area contributed by atoms with Crippen molar-refractivity contribution < 1.29 is 14.0 Å². The van der Waals surface area contributed by atoms with E-state index in [4.69, 9.17) is 0 Å². The number of nitrogens with zero attached hydrogens (tertiary/aromatic N) is 3. The van der Waals surface area contributed by atoms with Crippen LogP contribution in [0.25, 0.3) is 10.9 Å². The summed E-state index contributed by atoms with van der Waals surface area (Å²) in [6, 6.07) is 12.2. The summed E-state index contributed by atoms with van der Waals surface area (Å²) in [7, 11) is 0. The first-order valence-corrected chi connectivity index (χ1v) is 10.0. The van der Waals surface area contributed by atoms with E-state index in [1.54, 1.807) is 17.0 Å². The summed E-state index contributed by atoms with van der Waals surface area (Å²) in [5.74, 6) is -0.537. The van der Waals surface area contributed by atoms with E-state index in [-0.39, 0.29) is 30.6 Å². The molecule has 4 rings (SSSR count). The summed E-state index contributed by atoms with van der Waals surface area (Å²) in [6.07, 6.45) is 0.240.